The van der Waals surface area contributed by atoms with Crippen molar-refractivity contribution in [2.75, 3.05) is 16.8 Å². The van der Waals surface area contributed by atoms with Crippen LogP contribution in [0, 0.1) is 19.8 Å². The van der Waals surface area contributed by atoms with Gasteiger partial charge >= 0.3 is 6.18 Å². The van der Waals surface area contributed by atoms with Crippen molar-refractivity contribution in [1.29, 1.82) is 0 Å². The van der Waals surface area contributed by atoms with Gasteiger partial charge in [0.05, 0.1) is 5.56 Å². The molecule has 142 valence electrons. The van der Waals surface area contributed by atoms with Crippen LogP contribution in [0.15, 0.2) is 42.5 Å². The number of alkyl halides is 3. The van der Waals surface area contributed by atoms with E-state index in [1.807, 2.05) is 32.0 Å². The van der Waals surface area contributed by atoms with Gasteiger partial charge in [0.25, 0.3) is 0 Å². The van der Waals surface area contributed by atoms with Crippen LogP contribution in [0.2, 0.25) is 0 Å². The van der Waals surface area contributed by atoms with Gasteiger partial charge in [-0.25, -0.2) is 0 Å². The molecule has 2 aromatic rings. The van der Waals surface area contributed by atoms with Crippen LogP contribution in [0.5, 0.6) is 0 Å². The fraction of sp³-hybridized carbons (Fsp3) is 0.300. The highest BCUT2D eigenvalue weighted by Gasteiger charge is 2.38. The Kier molecular flexibility index (Phi) is 4.95. The maximum atomic E-state index is 12.7. The van der Waals surface area contributed by atoms with Gasteiger partial charge < -0.3 is 10.2 Å². The Morgan fingerprint density at radius 1 is 1.07 bits per heavy atom. The van der Waals surface area contributed by atoms with Gasteiger partial charge in [0.1, 0.15) is 5.92 Å². The number of benzene rings is 2. The van der Waals surface area contributed by atoms with E-state index in [-0.39, 0.29) is 11.6 Å². The minimum Gasteiger partial charge on any atom is -0.325 e. The topological polar surface area (TPSA) is 49.4 Å². The maximum absolute atomic E-state index is 12.7. The van der Waals surface area contributed by atoms with Crippen molar-refractivity contribution in [1.82, 2.24) is 0 Å². The van der Waals surface area contributed by atoms with Gasteiger partial charge in [0.2, 0.25) is 11.8 Å². The third-order valence-electron chi connectivity index (χ3n) is 4.71. The first-order valence-electron chi connectivity index (χ1n) is 8.54. The number of nitrogens with zero attached hydrogens (tertiary/aromatic N) is 1. The Balaban J connectivity index is 1.72. The molecule has 1 N–H and O–H groups in total. The quantitative estimate of drug-likeness (QED) is 0.812. The van der Waals surface area contributed by atoms with Gasteiger partial charge in [-0.1, -0.05) is 18.2 Å². The van der Waals surface area contributed by atoms with E-state index < -0.39 is 23.6 Å². The summed E-state index contributed by atoms with van der Waals surface area (Å²) in [5.41, 5.74) is 2.15. The van der Waals surface area contributed by atoms with Gasteiger partial charge in [-0.2, -0.15) is 13.2 Å². The third kappa shape index (κ3) is 3.82. The Hall–Kier alpha value is -2.83. The van der Waals surface area contributed by atoms with E-state index in [9.17, 15) is 22.8 Å². The van der Waals surface area contributed by atoms with E-state index in [4.69, 9.17) is 0 Å². The Bertz CT molecular complexity index is 856. The number of rotatable bonds is 3. The fourth-order valence-electron chi connectivity index (χ4n) is 3.35. The van der Waals surface area contributed by atoms with Gasteiger partial charge in [-0.05, 0) is 55.7 Å². The lowest BCUT2D eigenvalue weighted by Gasteiger charge is -2.21. The Morgan fingerprint density at radius 3 is 2.22 bits per heavy atom. The lowest BCUT2D eigenvalue weighted by molar-refractivity contribution is -0.137. The van der Waals surface area contributed by atoms with Gasteiger partial charge in [0.15, 0.2) is 0 Å². The molecule has 1 saturated heterocycles. The molecule has 1 atom stereocenters. The molecule has 4 nitrogen and oxygen atoms in total. The van der Waals surface area contributed by atoms with E-state index in [0.29, 0.717) is 13.0 Å². The monoisotopic (exact) mass is 376 g/mol. The molecule has 1 unspecified atom stereocenters. The number of anilines is 2. The second kappa shape index (κ2) is 7.06. The highest BCUT2D eigenvalue weighted by atomic mass is 19.4. The molecule has 7 heteroatoms. The summed E-state index contributed by atoms with van der Waals surface area (Å²) in [7, 11) is 0. The molecule has 0 aromatic heterocycles. The SMILES string of the molecule is Cc1cccc(C)c1N1CCC(C(=O)Nc2ccc(C(F)(F)F)cc2)C1=O. The summed E-state index contributed by atoms with van der Waals surface area (Å²) in [6, 6.07) is 9.89. The van der Waals surface area contributed by atoms with E-state index in [0.717, 1.165) is 28.9 Å². The number of carbonyl (C=O) groups is 2. The number of nitrogens with one attached hydrogen (secondary N) is 1. The third-order valence-corrected chi connectivity index (χ3v) is 4.71. The number of halogens is 3. The van der Waals surface area contributed by atoms with Crippen LogP contribution in [0.1, 0.15) is 23.1 Å². The predicted molar refractivity (Wildman–Crippen MR) is 96.4 cm³/mol. The van der Waals surface area contributed by atoms with Crippen LogP contribution in [-0.2, 0) is 15.8 Å². The van der Waals surface area contributed by atoms with Gasteiger partial charge in [0, 0.05) is 17.9 Å². The molecule has 2 amide bonds. The molecule has 1 heterocycles. The largest absolute Gasteiger partial charge is 0.416 e. The minimum absolute atomic E-state index is 0.228. The second-order valence-electron chi connectivity index (χ2n) is 6.64. The molecule has 2 aromatic carbocycles. The summed E-state index contributed by atoms with van der Waals surface area (Å²) in [5.74, 6) is -1.66. The summed E-state index contributed by atoms with van der Waals surface area (Å²) in [4.78, 5) is 26.8. The zero-order valence-corrected chi connectivity index (χ0v) is 14.9. The number of carbonyl (C=O) groups excluding carboxylic acids is 2. The van der Waals surface area contributed by atoms with Crippen LogP contribution in [0.4, 0.5) is 24.5 Å². The average molecular weight is 376 g/mol. The van der Waals surface area contributed by atoms with E-state index in [1.165, 1.54) is 12.1 Å². The normalized spacial score (nSPS) is 17.3. The smallest absolute Gasteiger partial charge is 0.325 e. The number of hydrogen-bond donors (Lipinski definition) is 1. The number of para-hydroxylation sites is 1. The van der Waals surface area contributed by atoms with Gasteiger partial charge in [-0.3, -0.25) is 9.59 Å². The van der Waals surface area contributed by atoms with Crippen molar-refractivity contribution < 1.29 is 22.8 Å². The van der Waals surface area contributed by atoms with Crippen LogP contribution in [0.25, 0.3) is 0 Å². The van der Waals surface area contributed by atoms with Crippen molar-refractivity contribution >= 4 is 23.2 Å². The molecule has 0 aliphatic carbocycles. The standard InChI is InChI=1S/C20H19F3N2O2/c1-12-4-3-5-13(2)17(12)25-11-10-16(19(25)27)18(26)24-15-8-6-14(7-9-15)20(21,22)23/h3-9,16H,10-11H2,1-2H3,(H,24,26). The zero-order chi connectivity index (χ0) is 19.8. The predicted octanol–water partition coefficient (Wildman–Crippen LogP) is 4.31. The van der Waals surface area contributed by atoms with Crippen molar-refractivity contribution in [3.05, 3.63) is 59.2 Å². The summed E-state index contributed by atoms with van der Waals surface area (Å²) in [5, 5.41) is 2.54. The molecular weight excluding hydrogens is 357 g/mol. The first kappa shape index (κ1) is 18.9. The lowest BCUT2D eigenvalue weighted by Crippen LogP contribution is -2.33. The molecule has 0 bridgehead atoms. The number of amides is 2. The average Bonchev–Trinajstić information content (AvgIpc) is 2.96. The van der Waals surface area contributed by atoms with Crippen LogP contribution in [-0.4, -0.2) is 18.4 Å². The van der Waals surface area contributed by atoms with Crippen molar-refractivity contribution in [3.8, 4) is 0 Å². The molecule has 27 heavy (non-hydrogen) atoms. The fourth-order valence-corrected chi connectivity index (χ4v) is 3.35. The Labute approximate surface area is 155 Å². The van der Waals surface area contributed by atoms with Crippen molar-refractivity contribution in [2.24, 2.45) is 5.92 Å². The second-order valence-corrected chi connectivity index (χ2v) is 6.64. The van der Waals surface area contributed by atoms with Crippen LogP contribution in [0.3, 0.4) is 0 Å². The minimum atomic E-state index is -4.43. The van der Waals surface area contributed by atoms with Gasteiger partial charge in [-0.15, -0.1) is 0 Å². The summed E-state index contributed by atoms with van der Waals surface area (Å²) in [6.45, 7) is 4.24. The summed E-state index contributed by atoms with van der Waals surface area (Å²) >= 11 is 0. The van der Waals surface area contributed by atoms with Crippen molar-refractivity contribution in [2.45, 2.75) is 26.4 Å². The zero-order valence-electron chi connectivity index (χ0n) is 14.9. The molecule has 3 rings (SSSR count). The Morgan fingerprint density at radius 2 is 1.67 bits per heavy atom. The van der Waals surface area contributed by atoms with Crippen molar-refractivity contribution in [3.63, 3.8) is 0 Å². The number of hydrogen-bond acceptors (Lipinski definition) is 2. The first-order valence-corrected chi connectivity index (χ1v) is 8.54. The highest BCUT2D eigenvalue weighted by molar-refractivity contribution is 6.13. The number of aryl methyl sites for hydroxylation is 2. The van der Waals surface area contributed by atoms with E-state index >= 15 is 0 Å². The molecular formula is C20H19F3N2O2. The maximum Gasteiger partial charge on any atom is 0.416 e. The van der Waals surface area contributed by atoms with E-state index in [1.54, 1.807) is 4.90 Å². The molecule has 1 fully saturated rings. The lowest BCUT2D eigenvalue weighted by atomic mass is 10.1. The summed E-state index contributed by atoms with van der Waals surface area (Å²) < 4.78 is 37.8. The van der Waals surface area contributed by atoms with E-state index in [2.05, 4.69) is 5.32 Å². The first-order chi connectivity index (χ1) is 12.7. The molecule has 0 radical (unpaired) electrons. The van der Waals surface area contributed by atoms with Crippen LogP contribution < -0.4 is 10.2 Å². The molecule has 1 aliphatic heterocycles. The highest BCUT2D eigenvalue weighted by Crippen LogP contribution is 2.32. The molecule has 0 spiro atoms. The molecule has 1 aliphatic rings. The summed E-state index contributed by atoms with van der Waals surface area (Å²) in [6.07, 6.45) is -4.07. The van der Waals surface area contributed by atoms with Crippen LogP contribution >= 0.6 is 0 Å². The molecule has 0 saturated carbocycles.